The van der Waals surface area contributed by atoms with Crippen LogP contribution in [0.2, 0.25) is 5.02 Å². The van der Waals surface area contributed by atoms with Crippen molar-refractivity contribution in [2.75, 3.05) is 26.2 Å². The topological polar surface area (TPSA) is 32.3 Å². The van der Waals surface area contributed by atoms with Crippen LogP contribution >= 0.6 is 11.6 Å². The molecule has 1 N–H and O–H groups in total. The van der Waals surface area contributed by atoms with Crippen LogP contribution in [0.25, 0.3) is 0 Å². The summed E-state index contributed by atoms with van der Waals surface area (Å²) in [6.45, 7) is 2.92. The van der Waals surface area contributed by atoms with Gasteiger partial charge in [0, 0.05) is 36.8 Å². The quantitative estimate of drug-likeness (QED) is 0.869. The Bertz CT molecular complexity index is 399. The molecule has 0 radical (unpaired) electrons. The van der Waals surface area contributed by atoms with Gasteiger partial charge in [-0.15, -0.1) is 0 Å². The molecule has 0 atom stereocenters. The molecule has 92 valence electrons. The molecule has 2 rings (SSSR count). The van der Waals surface area contributed by atoms with Crippen LogP contribution in [0.4, 0.5) is 4.39 Å². The minimum Gasteiger partial charge on any atom is -0.340 e. The average molecular weight is 257 g/mol. The van der Waals surface area contributed by atoms with Gasteiger partial charge in [0.15, 0.2) is 0 Å². The molecule has 1 aromatic carbocycles. The second-order valence-electron chi connectivity index (χ2n) is 4.01. The largest absolute Gasteiger partial charge is 0.340 e. The number of rotatable bonds is 2. The number of nitrogens with zero attached hydrogens (tertiary/aromatic N) is 1. The molecular formula is C12H14ClFN2O. The Morgan fingerprint density at radius 2 is 2.12 bits per heavy atom. The van der Waals surface area contributed by atoms with Gasteiger partial charge in [0.25, 0.3) is 0 Å². The summed E-state index contributed by atoms with van der Waals surface area (Å²) in [5.41, 5.74) is 0.290. The molecule has 1 heterocycles. The summed E-state index contributed by atoms with van der Waals surface area (Å²) in [4.78, 5) is 13.7. The van der Waals surface area contributed by atoms with Crippen LogP contribution in [0.1, 0.15) is 5.56 Å². The Balaban J connectivity index is 2.07. The zero-order chi connectivity index (χ0) is 12.3. The highest BCUT2D eigenvalue weighted by molar-refractivity contribution is 6.31. The number of amides is 1. The molecule has 0 spiro atoms. The number of benzene rings is 1. The van der Waals surface area contributed by atoms with E-state index in [2.05, 4.69) is 5.32 Å². The maximum absolute atomic E-state index is 13.5. The molecular weight excluding hydrogens is 243 g/mol. The van der Waals surface area contributed by atoms with Gasteiger partial charge in [-0.3, -0.25) is 4.79 Å². The Hall–Kier alpha value is -1.13. The fraction of sp³-hybridized carbons (Fsp3) is 0.417. The normalized spacial score (nSPS) is 16.0. The molecule has 0 aliphatic carbocycles. The third kappa shape index (κ3) is 2.96. The first-order valence-electron chi connectivity index (χ1n) is 5.60. The molecule has 0 unspecified atom stereocenters. The van der Waals surface area contributed by atoms with Gasteiger partial charge in [-0.25, -0.2) is 4.39 Å². The van der Waals surface area contributed by atoms with Gasteiger partial charge < -0.3 is 10.2 Å². The van der Waals surface area contributed by atoms with Crippen LogP contribution in [-0.4, -0.2) is 37.0 Å². The smallest absolute Gasteiger partial charge is 0.227 e. The van der Waals surface area contributed by atoms with E-state index in [1.54, 1.807) is 11.0 Å². The maximum atomic E-state index is 13.5. The molecule has 1 aliphatic heterocycles. The molecule has 0 saturated carbocycles. The highest BCUT2D eigenvalue weighted by Crippen LogP contribution is 2.20. The fourth-order valence-electron chi connectivity index (χ4n) is 1.88. The predicted octanol–water partition coefficient (Wildman–Crippen LogP) is 1.45. The van der Waals surface area contributed by atoms with E-state index in [1.807, 2.05) is 0 Å². The van der Waals surface area contributed by atoms with Gasteiger partial charge in [-0.2, -0.15) is 0 Å². The summed E-state index contributed by atoms with van der Waals surface area (Å²) in [5, 5.41) is 3.48. The number of carbonyl (C=O) groups excluding carboxylic acids is 1. The standard InChI is InChI=1S/C12H14ClFN2O/c13-10-2-1-3-11(14)9(10)8-12(17)16-6-4-15-5-7-16/h1-3,15H,4-8H2. The van der Waals surface area contributed by atoms with Crippen molar-refractivity contribution < 1.29 is 9.18 Å². The second-order valence-corrected chi connectivity index (χ2v) is 4.41. The summed E-state index contributed by atoms with van der Waals surface area (Å²) >= 11 is 5.89. The van der Waals surface area contributed by atoms with Crippen LogP contribution in [0.5, 0.6) is 0 Å². The van der Waals surface area contributed by atoms with E-state index in [0.29, 0.717) is 18.1 Å². The zero-order valence-corrected chi connectivity index (χ0v) is 10.1. The first kappa shape index (κ1) is 12.3. The molecule has 1 amide bonds. The minimum absolute atomic E-state index is 0.0332. The summed E-state index contributed by atoms with van der Waals surface area (Å²) in [6, 6.07) is 4.47. The first-order valence-corrected chi connectivity index (χ1v) is 5.97. The average Bonchev–Trinajstić information content (AvgIpc) is 2.35. The summed E-state index contributed by atoms with van der Waals surface area (Å²) < 4.78 is 13.5. The fourth-order valence-corrected chi connectivity index (χ4v) is 2.11. The molecule has 1 aromatic rings. The first-order chi connectivity index (χ1) is 8.18. The van der Waals surface area contributed by atoms with Crippen LogP contribution in [0.3, 0.4) is 0 Å². The van der Waals surface area contributed by atoms with Crippen molar-refractivity contribution in [2.45, 2.75) is 6.42 Å². The molecule has 1 fully saturated rings. The minimum atomic E-state index is -0.416. The van der Waals surface area contributed by atoms with Crippen LogP contribution in [-0.2, 0) is 11.2 Å². The Kier molecular flexibility index (Phi) is 3.97. The molecule has 0 aromatic heterocycles. The van der Waals surface area contributed by atoms with Crippen molar-refractivity contribution in [1.82, 2.24) is 10.2 Å². The van der Waals surface area contributed by atoms with Gasteiger partial charge >= 0.3 is 0 Å². The van der Waals surface area contributed by atoms with Crippen LogP contribution in [0.15, 0.2) is 18.2 Å². The summed E-state index contributed by atoms with van der Waals surface area (Å²) in [7, 11) is 0. The molecule has 17 heavy (non-hydrogen) atoms. The number of piperazine rings is 1. The SMILES string of the molecule is O=C(Cc1c(F)cccc1Cl)N1CCNCC1. The van der Waals surface area contributed by atoms with Crippen molar-refractivity contribution in [3.8, 4) is 0 Å². The molecule has 3 nitrogen and oxygen atoms in total. The van der Waals surface area contributed by atoms with Crippen molar-refractivity contribution in [3.05, 3.63) is 34.6 Å². The number of hydrogen-bond acceptors (Lipinski definition) is 2. The van der Waals surface area contributed by atoms with Crippen molar-refractivity contribution >= 4 is 17.5 Å². The van der Waals surface area contributed by atoms with Gasteiger partial charge in [0.05, 0.1) is 6.42 Å². The number of halogens is 2. The highest BCUT2D eigenvalue weighted by atomic mass is 35.5. The Labute approximate surface area is 105 Å². The van der Waals surface area contributed by atoms with Crippen molar-refractivity contribution in [1.29, 1.82) is 0 Å². The van der Waals surface area contributed by atoms with E-state index in [1.165, 1.54) is 12.1 Å². The van der Waals surface area contributed by atoms with Gasteiger partial charge in [0.2, 0.25) is 5.91 Å². The lowest BCUT2D eigenvalue weighted by Crippen LogP contribution is -2.47. The highest BCUT2D eigenvalue weighted by Gasteiger charge is 2.19. The zero-order valence-electron chi connectivity index (χ0n) is 9.38. The Morgan fingerprint density at radius 3 is 2.76 bits per heavy atom. The van der Waals surface area contributed by atoms with Crippen LogP contribution in [0, 0.1) is 5.82 Å². The molecule has 1 aliphatic rings. The Morgan fingerprint density at radius 1 is 1.41 bits per heavy atom. The number of hydrogen-bond donors (Lipinski definition) is 1. The summed E-state index contributed by atoms with van der Waals surface area (Å²) in [6.07, 6.45) is 0.0332. The third-order valence-electron chi connectivity index (χ3n) is 2.86. The maximum Gasteiger partial charge on any atom is 0.227 e. The van der Waals surface area contributed by atoms with Gasteiger partial charge in [0.1, 0.15) is 5.82 Å². The van der Waals surface area contributed by atoms with Gasteiger partial charge in [-0.1, -0.05) is 17.7 Å². The van der Waals surface area contributed by atoms with Crippen molar-refractivity contribution in [2.24, 2.45) is 0 Å². The second kappa shape index (κ2) is 5.47. The summed E-state index contributed by atoms with van der Waals surface area (Å²) in [5.74, 6) is -0.487. The third-order valence-corrected chi connectivity index (χ3v) is 3.21. The molecule has 0 bridgehead atoms. The van der Waals surface area contributed by atoms with E-state index in [9.17, 15) is 9.18 Å². The lowest BCUT2D eigenvalue weighted by molar-refractivity contribution is -0.131. The molecule has 5 heteroatoms. The number of nitrogens with one attached hydrogen (secondary N) is 1. The lowest BCUT2D eigenvalue weighted by atomic mass is 10.1. The monoisotopic (exact) mass is 256 g/mol. The van der Waals surface area contributed by atoms with E-state index in [0.717, 1.165) is 13.1 Å². The van der Waals surface area contributed by atoms with Gasteiger partial charge in [-0.05, 0) is 12.1 Å². The lowest BCUT2D eigenvalue weighted by Gasteiger charge is -2.27. The van der Waals surface area contributed by atoms with E-state index in [-0.39, 0.29) is 17.9 Å². The predicted molar refractivity (Wildman–Crippen MR) is 64.6 cm³/mol. The van der Waals surface area contributed by atoms with E-state index >= 15 is 0 Å². The van der Waals surface area contributed by atoms with Crippen molar-refractivity contribution in [3.63, 3.8) is 0 Å². The number of carbonyl (C=O) groups is 1. The van der Waals surface area contributed by atoms with Crippen LogP contribution < -0.4 is 5.32 Å². The van der Waals surface area contributed by atoms with E-state index < -0.39 is 5.82 Å². The molecule has 1 saturated heterocycles. The van der Waals surface area contributed by atoms with E-state index in [4.69, 9.17) is 11.6 Å².